The molecule has 2 unspecified atom stereocenters. The van der Waals surface area contributed by atoms with E-state index in [1.165, 1.54) is 18.5 Å². The van der Waals surface area contributed by atoms with Gasteiger partial charge in [-0.1, -0.05) is 13.3 Å². The van der Waals surface area contributed by atoms with Crippen LogP contribution in [0, 0.1) is 6.92 Å². The Bertz CT molecular complexity index is 270. The average Bonchev–Trinajstić information content (AvgIpc) is 2.52. The molecule has 1 aromatic rings. The lowest BCUT2D eigenvalue weighted by Crippen LogP contribution is -2.28. The first-order valence-electron chi connectivity index (χ1n) is 5.31. The van der Waals surface area contributed by atoms with E-state index in [0.717, 1.165) is 5.01 Å². The van der Waals surface area contributed by atoms with Gasteiger partial charge in [-0.05, 0) is 27.2 Å². The Morgan fingerprint density at radius 3 is 2.71 bits per heavy atom. The molecule has 1 N–H and O–H groups in total. The minimum atomic E-state index is 0.376. The maximum absolute atomic E-state index is 4.48. The molecule has 1 heterocycles. The second kappa shape index (κ2) is 5.47. The highest BCUT2D eigenvalue weighted by molar-refractivity contribution is 7.09. The molecular formula is C11H20N2S. The van der Waals surface area contributed by atoms with Crippen LogP contribution >= 0.6 is 11.3 Å². The number of rotatable bonds is 5. The van der Waals surface area contributed by atoms with E-state index in [1.54, 1.807) is 11.3 Å². The maximum atomic E-state index is 4.48. The van der Waals surface area contributed by atoms with Gasteiger partial charge in [0.1, 0.15) is 0 Å². The van der Waals surface area contributed by atoms with Gasteiger partial charge in [-0.2, -0.15) is 0 Å². The number of hydrogen-bond donors (Lipinski definition) is 1. The summed E-state index contributed by atoms with van der Waals surface area (Å²) in [5, 5.41) is 6.85. The molecule has 0 fully saturated rings. The first-order chi connectivity index (χ1) is 6.63. The number of nitrogens with zero attached hydrogens (tertiary/aromatic N) is 1. The average molecular weight is 212 g/mol. The lowest BCUT2D eigenvalue weighted by Gasteiger charge is -2.17. The molecule has 0 saturated heterocycles. The van der Waals surface area contributed by atoms with Crippen molar-refractivity contribution in [2.75, 3.05) is 0 Å². The second-order valence-corrected chi connectivity index (χ2v) is 4.93. The molecule has 0 aliphatic heterocycles. The summed E-state index contributed by atoms with van der Waals surface area (Å²) in [6, 6.07) is 0.957. The molecule has 2 nitrogen and oxygen atoms in total. The van der Waals surface area contributed by atoms with Crippen LogP contribution in [0.25, 0.3) is 0 Å². The van der Waals surface area contributed by atoms with Gasteiger partial charge in [0.15, 0.2) is 0 Å². The maximum Gasteiger partial charge on any atom is 0.0898 e. The van der Waals surface area contributed by atoms with Crippen LogP contribution in [0.5, 0.6) is 0 Å². The number of aryl methyl sites for hydroxylation is 1. The highest BCUT2D eigenvalue weighted by atomic mass is 32.1. The van der Waals surface area contributed by atoms with Crippen molar-refractivity contribution >= 4 is 11.3 Å². The molecular weight excluding hydrogens is 192 g/mol. The summed E-state index contributed by atoms with van der Waals surface area (Å²) in [5.41, 5.74) is 1.18. The molecule has 1 aromatic heterocycles. The van der Waals surface area contributed by atoms with Crippen LogP contribution in [0.3, 0.4) is 0 Å². The van der Waals surface area contributed by atoms with Gasteiger partial charge in [0.05, 0.1) is 10.7 Å². The summed E-state index contributed by atoms with van der Waals surface area (Å²) < 4.78 is 0. The summed E-state index contributed by atoms with van der Waals surface area (Å²) in [6.45, 7) is 8.69. The van der Waals surface area contributed by atoms with E-state index in [2.05, 4.69) is 43.4 Å². The van der Waals surface area contributed by atoms with Gasteiger partial charge < -0.3 is 5.32 Å². The Labute approximate surface area is 90.8 Å². The molecule has 0 bridgehead atoms. The van der Waals surface area contributed by atoms with Crippen LogP contribution in [-0.2, 0) is 0 Å². The molecule has 0 amide bonds. The van der Waals surface area contributed by atoms with Crippen LogP contribution in [0.1, 0.15) is 50.4 Å². The van der Waals surface area contributed by atoms with Crippen molar-refractivity contribution in [2.24, 2.45) is 0 Å². The molecule has 0 spiro atoms. The molecule has 14 heavy (non-hydrogen) atoms. The van der Waals surface area contributed by atoms with Gasteiger partial charge in [0.2, 0.25) is 0 Å². The van der Waals surface area contributed by atoms with Gasteiger partial charge >= 0.3 is 0 Å². The van der Waals surface area contributed by atoms with E-state index < -0.39 is 0 Å². The third-order valence-electron chi connectivity index (χ3n) is 2.34. The largest absolute Gasteiger partial charge is 0.306 e. The monoisotopic (exact) mass is 212 g/mol. The first-order valence-corrected chi connectivity index (χ1v) is 6.19. The molecule has 0 saturated carbocycles. The lowest BCUT2D eigenvalue weighted by atomic mass is 10.1. The number of thiazole rings is 1. The number of aromatic nitrogens is 1. The van der Waals surface area contributed by atoms with Crippen LogP contribution < -0.4 is 5.32 Å². The summed E-state index contributed by atoms with van der Waals surface area (Å²) in [6.07, 6.45) is 2.46. The van der Waals surface area contributed by atoms with Crippen molar-refractivity contribution in [1.82, 2.24) is 10.3 Å². The molecule has 80 valence electrons. The van der Waals surface area contributed by atoms with Crippen LogP contribution in [0.4, 0.5) is 0 Å². The van der Waals surface area contributed by atoms with Crippen LogP contribution in [-0.4, -0.2) is 11.0 Å². The van der Waals surface area contributed by atoms with E-state index in [4.69, 9.17) is 0 Å². The van der Waals surface area contributed by atoms with Gasteiger partial charge in [0.25, 0.3) is 0 Å². The Morgan fingerprint density at radius 1 is 1.50 bits per heavy atom. The van der Waals surface area contributed by atoms with Crippen molar-refractivity contribution in [1.29, 1.82) is 0 Å². The Balaban J connectivity index is 2.45. The lowest BCUT2D eigenvalue weighted by molar-refractivity contribution is 0.448. The third kappa shape index (κ3) is 3.39. The van der Waals surface area contributed by atoms with Crippen LogP contribution in [0.15, 0.2) is 5.38 Å². The minimum Gasteiger partial charge on any atom is -0.306 e. The topological polar surface area (TPSA) is 24.9 Å². The summed E-state index contributed by atoms with van der Waals surface area (Å²) in [5.74, 6) is 0. The van der Waals surface area contributed by atoms with Gasteiger partial charge in [0, 0.05) is 17.5 Å². The Kier molecular flexibility index (Phi) is 4.55. The SMILES string of the molecule is CCCC(C)NC(C)c1csc(C)n1. The fourth-order valence-corrected chi connectivity index (χ4v) is 2.31. The van der Waals surface area contributed by atoms with Gasteiger partial charge in [-0.3, -0.25) is 0 Å². The quantitative estimate of drug-likeness (QED) is 0.810. The predicted octanol–water partition coefficient (Wildman–Crippen LogP) is 3.29. The summed E-state index contributed by atoms with van der Waals surface area (Å²) >= 11 is 1.72. The van der Waals surface area contributed by atoms with E-state index in [9.17, 15) is 0 Å². The standard InChI is InChI=1S/C11H20N2S/c1-5-6-8(2)12-9(3)11-7-14-10(4)13-11/h7-9,12H,5-6H2,1-4H3. The van der Waals surface area contributed by atoms with Crippen molar-refractivity contribution in [3.8, 4) is 0 Å². The van der Waals surface area contributed by atoms with E-state index >= 15 is 0 Å². The van der Waals surface area contributed by atoms with Crippen molar-refractivity contribution in [3.63, 3.8) is 0 Å². The molecule has 0 aliphatic rings. The number of nitrogens with one attached hydrogen (secondary N) is 1. The number of hydrogen-bond acceptors (Lipinski definition) is 3. The third-order valence-corrected chi connectivity index (χ3v) is 3.13. The highest BCUT2D eigenvalue weighted by Gasteiger charge is 2.10. The molecule has 0 aliphatic carbocycles. The fraction of sp³-hybridized carbons (Fsp3) is 0.727. The van der Waals surface area contributed by atoms with E-state index in [1.807, 2.05) is 0 Å². The smallest absolute Gasteiger partial charge is 0.0898 e. The Morgan fingerprint density at radius 2 is 2.21 bits per heavy atom. The second-order valence-electron chi connectivity index (χ2n) is 3.87. The summed E-state index contributed by atoms with van der Waals surface area (Å²) in [7, 11) is 0. The molecule has 1 rings (SSSR count). The summed E-state index contributed by atoms with van der Waals surface area (Å²) in [4.78, 5) is 4.48. The van der Waals surface area contributed by atoms with Gasteiger partial charge in [-0.15, -0.1) is 11.3 Å². The first kappa shape index (κ1) is 11.7. The molecule has 2 atom stereocenters. The highest BCUT2D eigenvalue weighted by Crippen LogP contribution is 2.16. The minimum absolute atomic E-state index is 0.376. The molecule has 0 aromatic carbocycles. The zero-order chi connectivity index (χ0) is 10.6. The predicted molar refractivity (Wildman–Crippen MR) is 62.8 cm³/mol. The van der Waals surface area contributed by atoms with Gasteiger partial charge in [-0.25, -0.2) is 4.98 Å². The van der Waals surface area contributed by atoms with Crippen molar-refractivity contribution < 1.29 is 0 Å². The molecule has 3 heteroatoms. The van der Waals surface area contributed by atoms with E-state index in [0.29, 0.717) is 12.1 Å². The fourth-order valence-electron chi connectivity index (χ4n) is 1.61. The van der Waals surface area contributed by atoms with Crippen LogP contribution in [0.2, 0.25) is 0 Å². The zero-order valence-corrected chi connectivity index (χ0v) is 10.3. The normalized spacial score (nSPS) is 15.4. The van der Waals surface area contributed by atoms with Crippen molar-refractivity contribution in [3.05, 3.63) is 16.1 Å². The Hall–Kier alpha value is -0.410. The van der Waals surface area contributed by atoms with E-state index in [-0.39, 0.29) is 0 Å². The molecule has 0 radical (unpaired) electrons. The zero-order valence-electron chi connectivity index (χ0n) is 9.50. The van der Waals surface area contributed by atoms with Crippen molar-refractivity contribution in [2.45, 2.75) is 52.6 Å².